The summed E-state index contributed by atoms with van der Waals surface area (Å²) in [4.78, 5) is 11.7. The Morgan fingerprint density at radius 1 is 1.20 bits per heavy atom. The molecular formula is C15H17Cl2NO2. The first-order valence-electron chi connectivity index (χ1n) is 6.68. The van der Waals surface area contributed by atoms with Crippen LogP contribution in [0.25, 0.3) is 0 Å². The molecule has 3 nitrogen and oxygen atoms in total. The van der Waals surface area contributed by atoms with Crippen molar-refractivity contribution in [1.29, 1.82) is 5.26 Å². The van der Waals surface area contributed by atoms with Crippen molar-refractivity contribution >= 4 is 29.2 Å². The Morgan fingerprint density at radius 2 is 1.80 bits per heavy atom. The summed E-state index contributed by atoms with van der Waals surface area (Å²) in [6, 6.07) is 4.79. The number of unbranched alkanes of at least 4 members (excludes halogenated alkanes) is 4. The maximum Gasteiger partial charge on any atom is 0.311 e. The Kier molecular flexibility index (Phi) is 7.43. The van der Waals surface area contributed by atoms with Crippen LogP contribution in [-0.2, 0) is 4.79 Å². The third kappa shape index (κ3) is 5.40. The van der Waals surface area contributed by atoms with Crippen molar-refractivity contribution < 1.29 is 9.53 Å². The minimum atomic E-state index is -0.352. The van der Waals surface area contributed by atoms with E-state index in [-0.39, 0.29) is 21.8 Å². The molecule has 0 heterocycles. The standard InChI is InChI=1S/C15H17Cl2NO2/c1-2-3-4-5-6-7-14(19)20-15-12(16)8-11(10-18)9-13(15)17/h8-9H,2-7H2,1H3. The number of hydrogen-bond acceptors (Lipinski definition) is 3. The molecule has 0 saturated carbocycles. The highest BCUT2D eigenvalue weighted by Gasteiger charge is 2.13. The number of ether oxygens (including phenoxy) is 1. The molecule has 0 N–H and O–H groups in total. The predicted molar refractivity (Wildman–Crippen MR) is 80.2 cm³/mol. The van der Waals surface area contributed by atoms with Gasteiger partial charge in [0.1, 0.15) is 0 Å². The lowest BCUT2D eigenvalue weighted by Crippen LogP contribution is -2.08. The van der Waals surface area contributed by atoms with E-state index < -0.39 is 0 Å². The summed E-state index contributed by atoms with van der Waals surface area (Å²) in [7, 11) is 0. The number of halogens is 2. The number of esters is 1. The summed E-state index contributed by atoms with van der Waals surface area (Å²) in [6.07, 6.45) is 5.63. The van der Waals surface area contributed by atoms with Crippen molar-refractivity contribution in [2.24, 2.45) is 0 Å². The first-order chi connectivity index (χ1) is 9.58. The normalized spacial score (nSPS) is 10.1. The summed E-state index contributed by atoms with van der Waals surface area (Å²) in [5.74, 6) is -0.221. The van der Waals surface area contributed by atoms with Crippen molar-refractivity contribution in [3.63, 3.8) is 0 Å². The van der Waals surface area contributed by atoms with Crippen LogP contribution in [0.5, 0.6) is 5.75 Å². The minimum absolute atomic E-state index is 0.130. The van der Waals surface area contributed by atoms with Crippen molar-refractivity contribution in [2.45, 2.75) is 45.4 Å². The molecule has 0 aliphatic rings. The predicted octanol–water partition coefficient (Wildman–Crippen LogP) is 5.13. The Balaban J connectivity index is 2.52. The van der Waals surface area contributed by atoms with E-state index in [0.29, 0.717) is 12.0 Å². The summed E-state index contributed by atoms with van der Waals surface area (Å²) in [5.41, 5.74) is 0.333. The Hall–Kier alpha value is -1.24. The highest BCUT2D eigenvalue weighted by molar-refractivity contribution is 6.37. The van der Waals surface area contributed by atoms with Gasteiger partial charge in [-0.3, -0.25) is 4.79 Å². The number of hydrogen-bond donors (Lipinski definition) is 0. The average molecular weight is 314 g/mol. The summed E-state index contributed by atoms with van der Waals surface area (Å²) >= 11 is 11.9. The molecule has 5 heteroatoms. The molecule has 0 aromatic heterocycles. The van der Waals surface area contributed by atoms with Gasteiger partial charge in [0.15, 0.2) is 5.75 Å². The molecule has 0 amide bonds. The van der Waals surface area contributed by atoms with Gasteiger partial charge in [-0.05, 0) is 18.6 Å². The summed E-state index contributed by atoms with van der Waals surface area (Å²) < 4.78 is 5.17. The van der Waals surface area contributed by atoms with Crippen LogP contribution in [0.2, 0.25) is 10.0 Å². The summed E-state index contributed by atoms with van der Waals surface area (Å²) in [5, 5.41) is 9.12. The van der Waals surface area contributed by atoms with Crippen LogP contribution in [0.1, 0.15) is 51.0 Å². The van der Waals surface area contributed by atoms with E-state index in [9.17, 15) is 4.79 Å². The van der Waals surface area contributed by atoms with Crippen molar-refractivity contribution in [3.05, 3.63) is 27.7 Å². The van der Waals surface area contributed by atoms with E-state index in [0.717, 1.165) is 19.3 Å². The highest BCUT2D eigenvalue weighted by Crippen LogP contribution is 2.34. The molecule has 20 heavy (non-hydrogen) atoms. The molecule has 1 aromatic rings. The second kappa shape index (κ2) is 8.84. The first kappa shape index (κ1) is 16.8. The lowest BCUT2D eigenvalue weighted by atomic mass is 10.1. The number of nitrogens with zero attached hydrogens (tertiary/aromatic N) is 1. The number of carbonyl (C=O) groups excluding carboxylic acids is 1. The zero-order valence-electron chi connectivity index (χ0n) is 11.4. The maximum atomic E-state index is 11.7. The molecule has 0 spiro atoms. The van der Waals surface area contributed by atoms with Gasteiger partial charge in [-0.2, -0.15) is 5.26 Å². The quantitative estimate of drug-likeness (QED) is 0.398. The number of carbonyl (C=O) groups is 1. The second-order valence-corrected chi connectivity index (χ2v) is 5.33. The van der Waals surface area contributed by atoms with Crippen LogP contribution in [-0.4, -0.2) is 5.97 Å². The monoisotopic (exact) mass is 313 g/mol. The lowest BCUT2D eigenvalue weighted by molar-refractivity contribution is -0.134. The van der Waals surface area contributed by atoms with E-state index in [1.165, 1.54) is 25.0 Å². The molecule has 0 atom stereocenters. The van der Waals surface area contributed by atoms with E-state index >= 15 is 0 Å². The zero-order chi connectivity index (χ0) is 15.0. The number of rotatable bonds is 7. The van der Waals surface area contributed by atoms with Crippen molar-refractivity contribution in [1.82, 2.24) is 0 Å². The molecule has 1 aromatic carbocycles. The third-order valence-electron chi connectivity index (χ3n) is 2.83. The topological polar surface area (TPSA) is 50.1 Å². The fourth-order valence-electron chi connectivity index (χ4n) is 1.76. The molecule has 0 radical (unpaired) electrons. The maximum absolute atomic E-state index is 11.7. The Morgan fingerprint density at radius 3 is 2.35 bits per heavy atom. The van der Waals surface area contributed by atoms with Crippen molar-refractivity contribution in [2.75, 3.05) is 0 Å². The summed E-state index contributed by atoms with van der Waals surface area (Å²) in [6.45, 7) is 2.14. The van der Waals surface area contributed by atoms with E-state index in [1.807, 2.05) is 6.07 Å². The van der Waals surface area contributed by atoms with Crippen LogP contribution in [0.3, 0.4) is 0 Å². The number of nitriles is 1. The van der Waals surface area contributed by atoms with Gasteiger partial charge >= 0.3 is 5.97 Å². The minimum Gasteiger partial charge on any atom is -0.423 e. The zero-order valence-corrected chi connectivity index (χ0v) is 12.9. The van der Waals surface area contributed by atoms with E-state index in [1.54, 1.807) is 0 Å². The molecule has 0 unspecified atom stereocenters. The molecule has 0 saturated heterocycles. The molecule has 108 valence electrons. The largest absolute Gasteiger partial charge is 0.423 e. The lowest BCUT2D eigenvalue weighted by Gasteiger charge is -2.08. The Bertz CT molecular complexity index is 486. The third-order valence-corrected chi connectivity index (χ3v) is 3.39. The van der Waals surface area contributed by atoms with Gasteiger partial charge < -0.3 is 4.74 Å². The first-order valence-corrected chi connectivity index (χ1v) is 7.44. The van der Waals surface area contributed by atoms with Crippen LogP contribution < -0.4 is 4.74 Å². The Labute approximate surface area is 129 Å². The van der Waals surface area contributed by atoms with Crippen LogP contribution in [0, 0.1) is 11.3 Å². The second-order valence-electron chi connectivity index (χ2n) is 4.52. The van der Waals surface area contributed by atoms with Gasteiger partial charge in [-0.15, -0.1) is 0 Å². The molecule has 1 rings (SSSR count). The van der Waals surface area contributed by atoms with Crippen LogP contribution in [0.4, 0.5) is 0 Å². The molecule has 0 aliphatic heterocycles. The highest BCUT2D eigenvalue weighted by atomic mass is 35.5. The van der Waals surface area contributed by atoms with Crippen molar-refractivity contribution in [3.8, 4) is 11.8 Å². The SMILES string of the molecule is CCCCCCCC(=O)Oc1c(Cl)cc(C#N)cc1Cl. The van der Waals surface area contributed by atoms with E-state index in [2.05, 4.69) is 6.92 Å². The van der Waals surface area contributed by atoms with Gasteiger partial charge in [0, 0.05) is 6.42 Å². The fraction of sp³-hybridized carbons (Fsp3) is 0.467. The van der Waals surface area contributed by atoms with Crippen LogP contribution in [0.15, 0.2) is 12.1 Å². The van der Waals surface area contributed by atoms with Gasteiger partial charge in [0.05, 0.1) is 21.7 Å². The fourth-order valence-corrected chi connectivity index (χ4v) is 2.32. The van der Waals surface area contributed by atoms with Gasteiger partial charge in [0.25, 0.3) is 0 Å². The van der Waals surface area contributed by atoms with Gasteiger partial charge in [0.2, 0.25) is 0 Å². The van der Waals surface area contributed by atoms with Crippen LogP contribution >= 0.6 is 23.2 Å². The average Bonchev–Trinajstić information content (AvgIpc) is 2.42. The number of benzene rings is 1. The smallest absolute Gasteiger partial charge is 0.311 e. The molecular weight excluding hydrogens is 297 g/mol. The van der Waals surface area contributed by atoms with E-state index in [4.69, 9.17) is 33.2 Å². The molecule has 0 bridgehead atoms. The molecule has 0 fully saturated rings. The van der Waals surface area contributed by atoms with Gasteiger partial charge in [-0.25, -0.2) is 0 Å². The van der Waals surface area contributed by atoms with Gasteiger partial charge in [-0.1, -0.05) is 55.8 Å². The molecule has 0 aliphatic carbocycles.